The lowest BCUT2D eigenvalue weighted by atomic mass is 10.4. The molecule has 0 aliphatic carbocycles. The molecule has 0 saturated heterocycles. The van der Waals surface area contributed by atoms with Crippen molar-refractivity contribution in [2.24, 2.45) is 5.73 Å². The van der Waals surface area contributed by atoms with Crippen molar-refractivity contribution in [3.8, 4) is 0 Å². The molecule has 0 unspecified atom stereocenters. The van der Waals surface area contributed by atoms with Crippen molar-refractivity contribution in [3.05, 3.63) is 11.5 Å². The van der Waals surface area contributed by atoms with E-state index < -0.39 is 0 Å². The van der Waals surface area contributed by atoms with Gasteiger partial charge in [0, 0.05) is 7.05 Å². The summed E-state index contributed by atoms with van der Waals surface area (Å²) in [6.07, 6.45) is 0.530. The number of aliphatic hydroxyl groups excluding tert-OH is 1. The third kappa shape index (κ3) is 2.36. The molecule has 5 N–H and O–H groups in total. The number of allylic oxidation sites excluding steroid dienone is 1. The van der Waals surface area contributed by atoms with Crippen LogP contribution in [0.5, 0.6) is 0 Å². The third-order valence-corrected chi connectivity index (χ3v) is 0.947. The van der Waals surface area contributed by atoms with Gasteiger partial charge in [-0.25, -0.2) is 0 Å². The minimum atomic E-state index is -0.309. The lowest BCUT2D eigenvalue weighted by Crippen LogP contribution is -2.26. The molecule has 0 radical (unpaired) electrons. The van der Waals surface area contributed by atoms with Gasteiger partial charge in [-0.05, 0) is 0 Å². The van der Waals surface area contributed by atoms with Crippen molar-refractivity contribution < 1.29 is 9.90 Å². The highest BCUT2D eigenvalue weighted by atomic mass is 16.3. The van der Waals surface area contributed by atoms with Crippen LogP contribution in [0.1, 0.15) is 0 Å². The van der Waals surface area contributed by atoms with Gasteiger partial charge in [-0.1, -0.05) is 0 Å². The average molecular weight is 145 g/mol. The Morgan fingerprint density at radius 1 is 1.80 bits per heavy atom. The second kappa shape index (κ2) is 4.63. The number of carbonyl (C=O) groups excluding carboxylic acids is 1. The van der Waals surface area contributed by atoms with Crippen LogP contribution in [0.4, 0.5) is 0 Å². The van der Waals surface area contributed by atoms with Crippen LogP contribution in [0, 0.1) is 0 Å². The fraction of sp³-hybridized carbons (Fsp3) is 0.400. The number of carbonyl (C=O) groups is 1. The monoisotopic (exact) mass is 145 g/mol. The smallest absolute Gasteiger partial charge is 0.169 e. The maximum Gasteiger partial charge on any atom is 0.169 e. The summed E-state index contributed by atoms with van der Waals surface area (Å²) in [6.45, 7) is -0.309. The number of aldehydes is 1. The zero-order chi connectivity index (χ0) is 7.98. The van der Waals surface area contributed by atoms with Gasteiger partial charge in [0.05, 0.1) is 0 Å². The van der Waals surface area contributed by atoms with Crippen molar-refractivity contribution in [1.29, 1.82) is 0 Å². The van der Waals surface area contributed by atoms with E-state index in [9.17, 15) is 4.79 Å². The predicted octanol–water partition coefficient (Wildman–Crippen LogP) is -1.93. The molecule has 0 amide bonds. The molecule has 0 aliphatic heterocycles. The molecule has 5 nitrogen and oxygen atoms in total. The summed E-state index contributed by atoms with van der Waals surface area (Å²) >= 11 is 0. The summed E-state index contributed by atoms with van der Waals surface area (Å²) < 4.78 is 0. The Morgan fingerprint density at radius 3 is 2.70 bits per heavy atom. The number of hydrogen-bond donors (Lipinski definition) is 4. The summed E-state index contributed by atoms with van der Waals surface area (Å²) in [5, 5.41) is 13.2. The second-order valence-corrected chi connectivity index (χ2v) is 1.53. The van der Waals surface area contributed by atoms with E-state index in [1.165, 1.54) is 0 Å². The Kier molecular flexibility index (Phi) is 4.06. The summed E-state index contributed by atoms with van der Waals surface area (Å²) in [6, 6.07) is 0. The van der Waals surface area contributed by atoms with E-state index in [0.29, 0.717) is 6.29 Å². The number of hydrogen-bond acceptors (Lipinski definition) is 5. The van der Waals surface area contributed by atoms with Gasteiger partial charge in [-0.2, -0.15) is 0 Å². The highest BCUT2D eigenvalue weighted by molar-refractivity contribution is 5.73. The largest absolute Gasteiger partial charge is 0.384 e. The Labute approximate surface area is 58.9 Å². The molecular weight excluding hydrogens is 134 g/mol. The Hall–Kier alpha value is -1.23. The van der Waals surface area contributed by atoms with Gasteiger partial charge in [0.2, 0.25) is 0 Å². The second-order valence-electron chi connectivity index (χ2n) is 1.53. The van der Waals surface area contributed by atoms with Gasteiger partial charge in [0.15, 0.2) is 6.29 Å². The van der Waals surface area contributed by atoms with E-state index in [4.69, 9.17) is 10.8 Å². The van der Waals surface area contributed by atoms with Gasteiger partial charge in [-0.15, -0.1) is 0 Å². The first kappa shape index (κ1) is 8.77. The molecule has 0 rings (SSSR count). The zero-order valence-corrected chi connectivity index (χ0v) is 5.72. The molecular formula is C5H11N3O2. The van der Waals surface area contributed by atoms with E-state index in [0.717, 1.165) is 0 Å². The molecule has 0 aromatic rings. The first-order valence-corrected chi connectivity index (χ1v) is 2.73. The van der Waals surface area contributed by atoms with Crippen LogP contribution in [-0.4, -0.2) is 25.2 Å². The standard InChI is InChI=1S/C5H11N3O2/c1-7-5(6)4(2-9)8-3-10/h2,7-8,10H,3,6H2,1H3/b5-4+. The molecule has 0 bridgehead atoms. The topological polar surface area (TPSA) is 87.4 Å². The SMILES string of the molecule is CN/C(N)=C(\C=O)NCO. The van der Waals surface area contributed by atoms with Crippen LogP contribution < -0.4 is 16.4 Å². The number of aliphatic hydroxyl groups is 1. The van der Waals surface area contributed by atoms with Gasteiger partial charge in [-0.3, -0.25) is 4.79 Å². The van der Waals surface area contributed by atoms with E-state index in [2.05, 4.69) is 10.6 Å². The fourth-order valence-electron chi connectivity index (χ4n) is 0.420. The maximum atomic E-state index is 10.1. The number of rotatable bonds is 4. The van der Waals surface area contributed by atoms with Crippen LogP contribution in [0.2, 0.25) is 0 Å². The molecule has 0 aromatic heterocycles. The van der Waals surface area contributed by atoms with Gasteiger partial charge < -0.3 is 21.5 Å². The highest BCUT2D eigenvalue weighted by Gasteiger charge is 1.96. The number of nitrogens with two attached hydrogens (primary N) is 1. The molecule has 0 aromatic carbocycles. The minimum absolute atomic E-state index is 0.157. The molecule has 5 heteroatoms. The van der Waals surface area contributed by atoms with E-state index in [1.807, 2.05) is 0 Å². The van der Waals surface area contributed by atoms with Gasteiger partial charge >= 0.3 is 0 Å². The van der Waals surface area contributed by atoms with Crippen molar-refractivity contribution in [2.75, 3.05) is 13.8 Å². The van der Waals surface area contributed by atoms with Crippen LogP contribution in [0.3, 0.4) is 0 Å². The van der Waals surface area contributed by atoms with E-state index in [1.54, 1.807) is 7.05 Å². The maximum absolute atomic E-state index is 10.1. The fourth-order valence-corrected chi connectivity index (χ4v) is 0.420. The Bertz CT molecular complexity index is 144. The van der Waals surface area contributed by atoms with E-state index >= 15 is 0 Å². The highest BCUT2D eigenvalue weighted by Crippen LogP contribution is 1.83. The van der Waals surface area contributed by atoms with Crippen LogP contribution >= 0.6 is 0 Å². The molecule has 10 heavy (non-hydrogen) atoms. The quantitative estimate of drug-likeness (QED) is 0.210. The van der Waals surface area contributed by atoms with Crippen molar-refractivity contribution >= 4 is 6.29 Å². The molecule has 0 fully saturated rings. The molecule has 0 heterocycles. The van der Waals surface area contributed by atoms with Crippen LogP contribution in [-0.2, 0) is 4.79 Å². The normalized spacial score (nSPS) is 11.8. The van der Waals surface area contributed by atoms with Crippen LogP contribution in [0.25, 0.3) is 0 Å². The third-order valence-electron chi connectivity index (χ3n) is 0.947. The molecule has 0 atom stereocenters. The molecule has 0 spiro atoms. The lowest BCUT2D eigenvalue weighted by Gasteiger charge is -2.05. The predicted molar refractivity (Wildman–Crippen MR) is 36.6 cm³/mol. The zero-order valence-electron chi connectivity index (χ0n) is 5.72. The molecule has 0 saturated carbocycles. The van der Waals surface area contributed by atoms with Crippen LogP contribution in [0.15, 0.2) is 11.5 Å². The Balaban J connectivity index is 4.14. The van der Waals surface area contributed by atoms with E-state index in [-0.39, 0.29) is 18.2 Å². The summed E-state index contributed by atoms with van der Waals surface area (Å²) in [4.78, 5) is 10.1. The minimum Gasteiger partial charge on any atom is -0.384 e. The van der Waals surface area contributed by atoms with Gasteiger partial charge in [0.25, 0.3) is 0 Å². The summed E-state index contributed by atoms with van der Waals surface area (Å²) in [5.41, 5.74) is 5.43. The van der Waals surface area contributed by atoms with Crippen molar-refractivity contribution in [3.63, 3.8) is 0 Å². The van der Waals surface area contributed by atoms with Crippen molar-refractivity contribution in [1.82, 2.24) is 10.6 Å². The number of nitrogens with one attached hydrogen (secondary N) is 2. The first-order valence-electron chi connectivity index (χ1n) is 2.73. The molecule has 58 valence electrons. The van der Waals surface area contributed by atoms with Crippen molar-refractivity contribution in [2.45, 2.75) is 0 Å². The lowest BCUT2D eigenvalue weighted by molar-refractivity contribution is -0.105. The first-order chi connectivity index (χ1) is 4.76. The average Bonchev–Trinajstić information content (AvgIpc) is 1.99. The summed E-state index contributed by atoms with van der Waals surface area (Å²) in [7, 11) is 1.58. The molecule has 0 aliphatic rings. The summed E-state index contributed by atoms with van der Waals surface area (Å²) in [5.74, 6) is 0.212. The van der Waals surface area contributed by atoms with Gasteiger partial charge in [0.1, 0.15) is 18.2 Å². The Morgan fingerprint density at radius 2 is 2.40 bits per heavy atom.